The van der Waals surface area contributed by atoms with Crippen molar-refractivity contribution < 1.29 is 8.42 Å². The van der Waals surface area contributed by atoms with Crippen molar-refractivity contribution in [3.8, 4) is 0 Å². The van der Waals surface area contributed by atoms with Gasteiger partial charge in [-0.05, 0) is 32.9 Å². The molecule has 1 fully saturated rings. The third-order valence-corrected chi connectivity index (χ3v) is 3.94. The van der Waals surface area contributed by atoms with Crippen molar-refractivity contribution in [3.05, 3.63) is 30.3 Å². The number of anilines is 1. The number of benzene rings is 1. The normalized spacial score (nSPS) is 23.9. The molecule has 1 heterocycles. The lowest BCUT2D eigenvalue weighted by molar-refractivity contribution is 0.333. The Morgan fingerprint density at radius 3 is 2.00 bits per heavy atom. The maximum atomic E-state index is 11.7. The zero-order chi connectivity index (χ0) is 11.3. The Morgan fingerprint density at radius 1 is 1.07 bits per heavy atom. The molecule has 0 N–H and O–H groups in total. The fourth-order valence-electron chi connectivity index (χ4n) is 1.56. The molecule has 1 saturated heterocycles. The SMILES string of the molecule is CC(C)(C)N1N(c2ccccc2)S1(=O)=O. The van der Waals surface area contributed by atoms with Crippen LogP contribution in [0.4, 0.5) is 5.69 Å². The molecule has 15 heavy (non-hydrogen) atoms. The van der Waals surface area contributed by atoms with Gasteiger partial charge in [0.1, 0.15) is 0 Å². The quantitative estimate of drug-likeness (QED) is 0.685. The van der Waals surface area contributed by atoms with Gasteiger partial charge in [0.2, 0.25) is 0 Å². The molecule has 1 aromatic rings. The first-order chi connectivity index (χ1) is 6.85. The van der Waals surface area contributed by atoms with Gasteiger partial charge >= 0.3 is 10.2 Å². The molecule has 2 rings (SSSR count). The predicted octanol–water partition coefficient (Wildman–Crippen LogP) is 1.77. The van der Waals surface area contributed by atoms with Crippen LogP contribution in [0.2, 0.25) is 0 Å². The molecule has 1 aromatic carbocycles. The second-order valence-electron chi connectivity index (χ2n) is 4.50. The molecule has 1 atom stereocenters. The zero-order valence-electron chi connectivity index (χ0n) is 9.01. The first kappa shape index (κ1) is 10.4. The maximum Gasteiger partial charge on any atom is 0.337 e. The van der Waals surface area contributed by atoms with Gasteiger partial charge in [0, 0.05) is 0 Å². The molecule has 5 heteroatoms. The highest BCUT2D eigenvalue weighted by molar-refractivity contribution is 7.96. The van der Waals surface area contributed by atoms with Gasteiger partial charge in [0.25, 0.3) is 0 Å². The van der Waals surface area contributed by atoms with Crippen molar-refractivity contribution >= 4 is 15.9 Å². The lowest BCUT2D eigenvalue weighted by Gasteiger charge is -2.16. The summed E-state index contributed by atoms with van der Waals surface area (Å²) in [7, 11) is -3.24. The third-order valence-electron chi connectivity index (χ3n) is 2.13. The summed E-state index contributed by atoms with van der Waals surface area (Å²) in [6.45, 7) is 5.61. The van der Waals surface area contributed by atoms with Crippen LogP contribution in [-0.2, 0) is 10.2 Å². The van der Waals surface area contributed by atoms with E-state index in [0.29, 0.717) is 5.69 Å². The van der Waals surface area contributed by atoms with Gasteiger partial charge in [0.05, 0.1) is 11.2 Å². The third kappa shape index (κ3) is 1.61. The monoisotopic (exact) mass is 226 g/mol. The zero-order valence-corrected chi connectivity index (χ0v) is 9.82. The molecule has 0 spiro atoms. The summed E-state index contributed by atoms with van der Waals surface area (Å²) < 4.78 is 26.1. The molecule has 0 bridgehead atoms. The molecule has 1 aliphatic heterocycles. The number of hydrogen-bond acceptors (Lipinski definition) is 2. The summed E-state index contributed by atoms with van der Waals surface area (Å²) in [5, 5.41) is 0. The standard InChI is InChI=1S/C10H14N2O2S/c1-10(2,3)12-11(15(12,13)14)9-7-5-4-6-8-9/h4-8H,1-3H3. The molecule has 82 valence electrons. The second kappa shape index (κ2) is 2.96. The van der Waals surface area contributed by atoms with Crippen LogP contribution in [0.25, 0.3) is 0 Å². The summed E-state index contributed by atoms with van der Waals surface area (Å²) >= 11 is 0. The van der Waals surface area contributed by atoms with Crippen molar-refractivity contribution in [3.63, 3.8) is 0 Å². The van der Waals surface area contributed by atoms with Crippen molar-refractivity contribution in [2.45, 2.75) is 26.3 Å². The van der Waals surface area contributed by atoms with Crippen LogP contribution < -0.4 is 4.41 Å². The van der Waals surface area contributed by atoms with Crippen LogP contribution in [0.15, 0.2) is 30.3 Å². The van der Waals surface area contributed by atoms with Crippen molar-refractivity contribution in [2.24, 2.45) is 0 Å². The minimum atomic E-state index is -3.24. The average Bonchev–Trinajstić information content (AvgIpc) is 2.70. The highest BCUT2D eigenvalue weighted by Gasteiger charge is 2.58. The fourth-order valence-corrected chi connectivity index (χ4v) is 3.45. The van der Waals surface area contributed by atoms with E-state index in [1.807, 2.05) is 39.0 Å². The number of rotatable bonds is 1. The number of nitrogens with zero attached hydrogens (tertiary/aromatic N) is 2. The molecule has 0 amide bonds. The largest absolute Gasteiger partial charge is 0.337 e. The minimum Gasteiger partial charge on any atom is -0.186 e. The van der Waals surface area contributed by atoms with Crippen LogP contribution in [0.1, 0.15) is 20.8 Å². The first-order valence-electron chi connectivity index (χ1n) is 4.76. The van der Waals surface area contributed by atoms with Gasteiger partial charge in [-0.3, -0.25) is 0 Å². The van der Waals surface area contributed by atoms with Crippen molar-refractivity contribution in [1.82, 2.24) is 4.41 Å². The van der Waals surface area contributed by atoms with E-state index in [-0.39, 0.29) is 0 Å². The van der Waals surface area contributed by atoms with Crippen molar-refractivity contribution in [1.29, 1.82) is 0 Å². The highest BCUT2D eigenvalue weighted by Crippen LogP contribution is 2.41. The van der Waals surface area contributed by atoms with E-state index < -0.39 is 15.7 Å². The van der Waals surface area contributed by atoms with Crippen LogP contribution in [0.5, 0.6) is 0 Å². The van der Waals surface area contributed by atoms with Gasteiger partial charge < -0.3 is 0 Å². The van der Waals surface area contributed by atoms with E-state index >= 15 is 0 Å². The van der Waals surface area contributed by atoms with E-state index in [1.54, 1.807) is 12.1 Å². The van der Waals surface area contributed by atoms with E-state index in [2.05, 4.69) is 0 Å². The fraction of sp³-hybridized carbons (Fsp3) is 0.400. The van der Waals surface area contributed by atoms with Gasteiger partial charge in [-0.2, -0.15) is 12.8 Å². The van der Waals surface area contributed by atoms with E-state index in [1.165, 1.54) is 8.83 Å². The Bertz CT molecular complexity index is 462. The molecule has 1 unspecified atom stereocenters. The predicted molar refractivity (Wildman–Crippen MR) is 59.4 cm³/mol. The van der Waals surface area contributed by atoms with E-state index in [0.717, 1.165) is 0 Å². The Labute approximate surface area is 90.3 Å². The minimum absolute atomic E-state index is 0.408. The maximum absolute atomic E-state index is 11.7. The topological polar surface area (TPSA) is 40.2 Å². The van der Waals surface area contributed by atoms with Crippen LogP contribution in [0.3, 0.4) is 0 Å². The summed E-state index contributed by atoms with van der Waals surface area (Å²) in [4.78, 5) is 0. The summed E-state index contributed by atoms with van der Waals surface area (Å²) in [5.41, 5.74) is 0.279. The second-order valence-corrected chi connectivity index (χ2v) is 6.09. The molecule has 1 aliphatic rings. The molecule has 0 saturated carbocycles. The Morgan fingerprint density at radius 2 is 1.60 bits per heavy atom. The molecule has 0 radical (unpaired) electrons. The Hall–Kier alpha value is -1.07. The van der Waals surface area contributed by atoms with Crippen LogP contribution >= 0.6 is 0 Å². The van der Waals surface area contributed by atoms with Gasteiger partial charge in [-0.1, -0.05) is 22.6 Å². The van der Waals surface area contributed by atoms with Gasteiger partial charge in [-0.25, -0.2) is 0 Å². The lowest BCUT2D eigenvalue weighted by atomic mass is 10.1. The summed E-state index contributed by atoms with van der Waals surface area (Å²) in [6, 6.07) is 9.07. The van der Waals surface area contributed by atoms with Gasteiger partial charge in [0.15, 0.2) is 0 Å². The summed E-state index contributed by atoms with van der Waals surface area (Å²) in [6.07, 6.45) is 0. The molecular weight excluding hydrogens is 212 g/mol. The Kier molecular flexibility index (Phi) is 2.06. The Balaban J connectivity index is 2.37. The molecule has 4 nitrogen and oxygen atoms in total. The molecule has 0 aliphatic carbocycles. The lowest BCUT2D eigenvalue weighted by Crippen LogP contribution is -2.29. The van der Waals surface area contributed by atoms with E-state index in [4.69, 9.17) is 0 Å². The van der Waals surface area contributed by atoms with E-state index in [9.17, 15) is 8.42 Å². The number of hydrazine groups is 1. The first-order valence-corrected chi connectivity index (χ1v) is 6.15. The average molecular weight is 226 g/mol. The summed E-state index contributed by atoms with van der Waals surface area (Å²) in [5.74, 6) is 0. The number of para-hydroxylation sites is 1. The van der Waals surface area contributed by atoms with Gasteiger partial charge in [-0.15, -0.1) is 0 Å². The smallest absolute Gasteiger partial charge is 0.186 e. The molecular formula is C10H14N2O2S. The molecule has 0 aromatic heterocycles. The van der Waals surface area contributed by atoms with Crippen LogP contribution in [-0.4, -0.2) is 18.4 Å². The van der Waals surface area contributed by atoms with Crippen LogP contribution in [0, 0.1) is 0 Å². The highest BCUT2D eigenvalue weighted by atomic mass is 32.2. The number of hydrogen-bond donors (Lipinski definition) is 0. The van der Waals surface area contributed by atoms with Crippen molar-refractivity contribution in [2.75, 3.05) is 4.41 Å².